The number of amides is 2. The van der Waals surface area contributed by atoms with Gasteiger partial charge in [-0.3, -0.25) is 4.79 Å². The number of nitriles is 2. The SMILES string of the molecule is CC[C@H](CC#N)NC(=O)[C@@H](CCCC#N)NC(=O)OC(C)(C)C. The normalized spacial score (nSPS) is 13.1. The van der Waals surface area contributed by atoms with Crippen LogP contribution in [0.5, 0.6) is 0 Å². The third-order valence-corrected chi connectivity index (χ3v) is 2.97. The van der Waals surface area contributed by atoms with Crippen LogP contribution in [0, 0.1) is 22.7 Å². The first kappa shape index (κ1) is 20.7. The molecule has 0 spiro atoms. The van der Waals surface area contributed by atoms with Crippen molar-refractivity contribution >= 4 is 12.0 Å². The van der Waals surface area contributed by atoms with Crippen LogP contribution in [0.1, 0.15) is 59.8 Å². The lowest BCUT2D eigenvalue weighted by molar-refractivity contribution is -0.124. The quantitative estimate of drug-likeness (QED) is 0.666. The molecule has 2 N–H and O–H groups in total. The summed E-state index contributed by atoms with van der Waals surface area (Å²) in [5, 5.41) is 22.6. The van der Waals surface area contributed by atoms with Gasteiger partial charge in [-0.2, -0.15) is 10.5 Å². The molecule has 7 heteroatoms. The molecule has 0 radical (unpaired) electrons. The zero-order chi connectivity index (χ0) is 17.9. The summed E-state index contributed by atoms with van der Waals surface area (Å²) in [7, 11) is 0. The molecule has 0 aromatic carbocycles. The number of carbonyl (C=O) groups is 2. The van der Waals surface area contributed by atoms with Crippen molar-refractivity contribution in [3.05, 3.63) is 0 Å². The van der Waals surface area contributed by atoms with Gasteiger partial charge < -0.3 is 15.4 Å². The molecule has 0 aliphatic rings. The molecule has 0 rings (SSSR count). The van der Waals surface area contributed by atoms with Crippen molar-refractivity contribution in [1.29, 1.82) is 10.5 Å². The molecule has 0 fully saturated rings. The minimum Gasteiger partial charge on any atom is -0.444 e. The number of nitrogens with zero attached hydrogens (tertiary/aromatic N) is 2. The molecule has 0 unspecified atom stereocenters. The maximum Gasteiger partial charge on any atom is 0.408 e. The summed E-state index contributed by atoms with van der Waals surface area (Å²) in [6.45, 7) is 7.07. The molecule has 0 aliphatic heterocycles. The van der Waals surface area contributed by atoms with E-state index in [1.165, 1.54) is 0 Å². The second-order valence-electron chi connectivity index (χ2n) is 6.23. The van der Waals surface area contributed by atoms with Crippen LogP contribution in [0.3, 0.4) is 0 Å². The van der Waals surface area contributed by atoms with Crippen LogP contribution in [-0.4, -0.2) is 29.7 Å². The molecule has 2 amide bonds. The number of alkyl carbamates (subject to hydrolysis) is 1. The summed E-state index contributed by atoms with van der Waals surface area (Å²) in [5.74, 6) is -0.365. The van der Waals surface area contributed by atoms with Crippen LogP contribution in [0.15, 0.2) is 0 Å². The Bertz CT molecular complexity index is 471. The Morgan fingerprint density at radius 1 is 1.17 bits per heavy atom. The van der Waals surface area contributed by atoms with Gasteiger partial charge in [-0.05, 0) is 40.0 Å². The van der Waals surface area contributed by atoms with Crippen LogP contribution in [0.2, 0.25) is 0 Å². The summed E-state index contributed by atoms with van der Waals surface area (Å²) >= 11 is 0. The average molecular weight is 322 g/mol. The summed E-state index contributed by atoms with van der Waals surface area (Å²) in [5.41, 5.74) is -0.662. The molecule has 0 aliphatic carbocycles. The van der Waals surface area contributed by atoms with Crippen LogP contribution >= 0.6 is 0 Å². The predicted octanol–water partition coefficient (Wildman–Crippen LogP) is 2.38. The highest BCUT2D eigenvalue weighted by atomic mass is 16.6. The first-order valence-electron chi connectivity index (χ1n) is 7.77. The highest BCUT2D eigenvalue weighted by Crippen LogP contribution is 2.09. The number of hydrogen-bond donors (Lipinski definition) is 2. The lowest BCUT2D eigenvalue weighted by Gasteiger charge is -2.24. The Balaban J connectivity index is 4.78. The van der Waals surface area contributed by atoms with E-state index < -0.39 is 17.7 Å². The van der Waals surface area contributed by atoms with Crippen molar-refractivity contribution < 1.29 is 14.3 Å². The maximum atomic E-state index is 12.3. The van der Waals surface area contributed by atoms with Gasteiger partial charge in [-0.15, -0.1) is 0 Å². The Hall–Kier alpha value is -2.28. The highest BCUT2D eigenvalue weighted by molar-refractivity contribution is 5.85. The van der Waals surface area contributed by atoms with Crippen LogP contribution in [0.4, 0.5) is 4.79 Å². The predicted molar refractivity (Wildman–Crippen MR) is 85.1 cm³/mol. The Labute approximate surface area is 138 Å². The first-order chi connectivity index (χ1) is 10.7. The van der Waals surface area contributed by atoms with Gasteiger partial charge in [0.05, 0.1) is 18.6 Å². The van der Waals surface area contributed by atoms with Gasteiger partial charge in [0, 0.05) is 12.5 Å². The van der Waals surface area contributed by atoms with E-state index in [0.717, 1.165) is 0 Å². The Kier molecular flexibility index (Phi) is 9.41. The minimum atomic E-state index is -0.786. The number of hydrogen-bond acceptors (Lipinski definition) is 5. The van der Waals surface area contributed by atoms with Crippen molar-refractivity contribution in [2.45, 2.75) is 77.5 Å². The van der Waals surface area contributed by atoms with Crippen molar-refractivity contribution in [3.8, 4) is 12.1 Å². The van der Waals surface area contributed by atoms with E-state index in [1.54, 1.807) is 20.8 Å². The summed E-state index contributed by atoms with van der Waals surface area (Å²) < 4.78 is 5.16. The zero-order valence-electron chi connectivity index (χ0n) is 14.3. The third kappa shape index (κ3) is 10.1. The standard InChI is InChI=1S/C16H26N4O3/c1-5-12(9-11-18)19-14(21)13(8-6-7-10-17)20-15(22)23-16(2,3)4/h12-13H,5-9H2,1-4H3,(H,19,21)(H,20,22)/t12-,13-/m1/s1. The molecule has 128 valence electrons. The third-order valence-electron chi connectivity index (χ3n) is 2.97. The molecule has 0 aromatic rings. The average Bonchev–Trinajstić information content (AvgIpc) is 2.43. The fourth-order valence-corrected chi connectivity index (χ4v) is 1.81. The number of carbonyl (C=O) groups excluding carboxylic acids is 2. The second kappa shape index (κ2) is 10.4. The van der Waals surface area contributed by atoms with E-state index in [-0.39, 0.29) is 18.4 Å². The lowest BCUT2D eigenvalue weighted by Crippen LogP contribution is -2.50. The van der Waals surface area contributed by atoms with Gasteiger partial charge in [0.2, 0.25) is 5.91 Å². The van der Waals surface area contributed by atoms with E-state index in [1.807, 2.05) is 19.1 Å². The van der Waals surface area contributed by atoms with E-state index in [2.05, 4.69) is 10.6 Å². The van der Waals surface area contributed by atoms with Crippen LogP contribution in [-0.2, 0) is 9.53 Å². The molecule has 0 saturated heterocycles. The molecular weight excluding hydrogens is 296 g/mol. The zero-order valence-corrected chi connectivity index (χ0v) is 14.3. The van der Waals surface area contributed by atoms with E-state index in [9.17, 15) is 9.59 Å². The molecule has 0 aromatic heterocycles. The van der Waals surface area contributed by atoms with Gasteiger partial charge in [-0.1, -0.05) is 6.92 Å². The largest absolute Gasteiger partial charge is 0.444 e. The maximum absolute atomic E-state index is 12.3. The number of rotatable bonds is 8. The molecule has 7 nitrogen and oxygen atoms in total. The van der Waals surface area contributed by atoms with Crippen LogP contribution < -0.4 is 10.6 Å². The van der Waals surface area contributed by atoms with Crippen molar-refractivity contribution in [3.63, 3.8) is 0 Å². The van der Waals surface area contributed by atoms with Gasteiger partial charge in [0.15, 0.2) is 0 Å². The van der Waals surface area contributed by atoms with Crippen molar-refractivity contribution in [2.75, 3.05) is 0 Å². The molecule has 0 saturated carbocycles. The minimum absolute atomic E-state index is 0.208. The fourth-order valence-electron chi connectivity index (χ4n) is 1.81. The lowest BCUT2D eigenvalue weighted by atomic mass is 10.1. The molecule has 23 heavy (non-hydrogen) atoms. The van der Waals surface area contributed by atoms with Gasteiger partial charge in [-0.25, -0.2) is 4.79 Å². The van der Waals surface area contributed by atoms with E-state index in [0.29, 0.717) is 25.7 Å². The van der Waals surface area contributed by atoms with E-state index in [4.69, 9.17) is 15.3 Å². The Morgan fingerprint density at radius 3 is 2.30 bits per heavy atom. The summed E-state index contributed by atoms with van der Waals surface area (Å²) in [6, 6.07) is 2.98. The molecular formula is C16H26N4O3. The number of nitrogens with one attached hydrogen (secondary N) is 2. The summed E-state index contributed by atoms with van der Waals surface area (Å²) in [4.78, 5) is 24.2. The van der Waals surface area contributed by atoms with Crippen LogP contribution in [0.25, 0.3) is 0 Å². The second-order valence-corrected chi connectivity index (χ2v) is 6.23. The van der Waals surface area contributed by atoms with Gasteiger partial charge >= 0.3 is 6.09 Å². The fraction of sp³-hybridized carbons (Fsp3) is 0.750. The number of unbranched alkanes of at least 4 members (excludes halogenated alkanes) is 1. The van der Waals surface area contributed by atoms with Gasteiger partial charge in [0.25, 0.3) is 0 Å². The van der Waals surface area contributed by atoms with Crippen molar-refractivity contribution in [2.24, 2.45) is 0 Å². The smallest absolute Gasteiger partial charge is 0.408 e. The monoisotopic (exact) mass is 322 g/mol. The van der Waals surface area contributed by atoms with E-state index >= 15 is 0 Å². The highest BCUT2D eigenvalue weighted by Gasteiger charge is 2.25. The molecule has 2 atom stereocenters. The van der Waals surface area contributed by atoms with Gasteiger partial charge in [0.1, 0.15) is 11.6 Å². The molecule has 0 bridgehead atoms. The summed E-state index contributed by atoms with van der Waals surface area (Å²) in [6.07, 6.45) is 1.27. The van der Waals surface area contributed by atoms with Crippen molar-refractivity contribution in [1.82, 2.24) is 10.6 Å². The number of ether oxygens (including phenoxy) is 1. The first-order valence-corrected chi connectivity index (χ1v) is 7.77. The topological polar surface area (TPSA) is 115 Å². The molecule has 0 heterocycles. The Morgan fingerprint density at radius 2 is 1.83 bits per heavy atom.